The lowest BCUT2D eigenvalue weighted by Crippen LogP contribution is -2.23. The van der Waals surface area contributed by atoms with Crippen LogP contribution in [0.4, 0.5) is 5.13 Å². The van der Waals surface area contributed by atoms with E-state index in [1.807, 2.05) is 33.0 Å². The zero-order valence-electron chi connectivity index (χ0n) is 16.6. The second-order valence-corrected chi connectivity index (χ2v) is 8.24. The highest BCUT2D eigenvalue weighted by Crippen LogP contribution is 2.31. The van der Waals surface area contributed by atoms with Gasteiger partial charge in [-0.3, -0.25) is 19.3 Å². The molecule has 154 valence electrons. The number of hydrogen-bond donors (Lipinski definition) is 2. The molecule has 0 saturated carbocycles. The predicted octanol–water partition coefficient (Wildman–Crippen LogP) is 2.96. The number of benzene rings is 1. The van der Waals surface area contributed by atoms with Gasteiger partial charge in [-0.2, -0.15) is 5.10 Å². The van der Waals surface area contributed by atoms with Gasteiger partial charge < -0.3 is 9.88 Å². The largest absolute Gasteiger partial charge is 0.303 e. The van der Waals surface area contributed by atoms with E-state index in [-0.39, 0.29) is 24.4 Å². The number of nitrogens with one attached hydrogen (secondary N) is 2. The summed E-state index contributed by atoms with van der Waals surface area (Å²) in [5.74, 6) is 0.432. The number of rotatable bonds is 5. The molecule has 1 aromatic carbocycles. The summed E-state index contributed by atoms with van der Waals surface area (Å²) in [5.41, 5.74) is 2.22. The zero-order valence-corrected chi connectivity index (χ0v) is 18.2. The smallest absolute Gasteiger partial charge is 0.261 e. The molecule has 0 radical (unpaired) electrons. The van der Waals surface area contributed by atoms with E-state index in [0.29, 0.717) is 26.6 Å². The molecule has 0 atom stereocenters. The van der Waals surface area contributed by atoms with Gasteiger partial charge >= 0.3 is 0 Å². The van der Waals surface area contributed by atoms with E-state index in [1.165, 1.54) is 22.2 Å². The van der Waals surface area contributed by atoms with Gasteiger partial charge in [0.25, 0.3) is 5.56 Å². The Hall–Kier alpha value is -3.18. The van der Waals surface area contributed by atoms with Crippen LogP contribution in [0.5, 0.6) is 0 Å². The molecule has 4 rings (SSSR count). The number of carbonyl (C=O) groups is 1. The van der Waals surface area contributed by atoms with Crippen molar-refractivity contribution < 1.29 is 4.79 Å². The lowest BCUT2D eigenvalue weighted by Gasteiger charge is -2.07. The minimum absolute atomic E-state index is 0.124. The third-order valence-electron chi connectivity index (χ3n) is 4.76. The van der Waals surface area contributed by atoms with Crippen molar-refractivity contribution in [3.8, 4) is 10.7 Å². The van der Waals surface area contributed by atoms with Crippen molar-refractivity contribution in [1.29, 1.82) is 0 Å². The number of anilines is 1. The van der Waals surface area contributed by atoms with Crippen molar-refractivity contribution in [2.75, 3.05) is 5.32 Å². The molecule has 3 heterocycles. The van der Waals surface area contributed by atoms with Gasteiger partial charge in [-0.25, -0.2) is 9.97 Å². The Balaban J connectivity index is 1.47. The molecule has 0 aliphatic heterocycles. The fraction of sp³-hybridized carbons (Fsp3) is 0.263. The van der Waals surface area contributed by atoms with Gasteiger partial charge in [0, 0.05) is 20.0 Å². The SMILES string of the molecule is Cc1nc(NC(=O)CCn2cnc3c(C)cccc3c2=O)sc1-c1n[nH]c(=S)n1C. The Morgan fingerprint density at radius 2 is 2.13 bits per heavy atom. The van der Waals surface area contributed by atoms with E-state index >= 15 is 0 Å². The Morgan fingerprint density at radius 1 is 1.33 bits per heavy atom. The molecule has 1 amide bonds. The van der Waals surface area contributed by atoms with E-state index in [9.17, 15) is 9.59 Å². The van der Waals surface area contributed by atoms with Crippen LogP contribution in [-0.2, 0) is 18.4 Å². The van der Waals surface area contributed by atoms with Crippen molar-refractivity contribution in [3.63, 3.8) is 0 Å². The van der Waals surface area contributed by atoms with E-state index in [2.05, 4.69) is 25.5 Å². The highest BCUT2D eigenvalue weighted by Gasteiger charge is 2.16. The van der Waals surface area contributed by atoms with E-state index in [1.54, 1.807) is 10.6 Å². The summed E-state index contributed by atoms with van der Waals surface area (Å²) < 4.78 is 3.71. The predicted molar refractivity (Wildman–Crippen MR) is 118 cm³/mol. The van der Waals surface area contributed by atoms with Gasteiger partial charge in [-0.1, -0.05) is 23.5 Å². The van der Waals surface area contributed by atoms with Gasteiger partial charge in [0.2, 0.25) is 5.91 Å². The number of fused-ring (bicyclic) bond motifs is 1. The maximum Gasteiger partial charge on any atom is 0.261 e. The highest BCUT2D eigenvalue weighted by atomic mass is 32.1. The molecular formula is C19H19N7O2S2. The summed E-state index contributed by atoms with van der Waals surface area (Å²) in [6.45, 7) is 3.99. The molecule has 9 nitrogen and oxygen atoms in total. The Morgan fingerprint density at radius 3 is 2.87 bits per heavy atom. The van der Waals surface area contributed by atoms with Crippen LogP contribution in [0.3, 0.4) is 0 Å². The molecule has 3 aromatic heterocycles. The molecule has 4 aromatic rings. The molecule has 30 heavy (non-hydrogen) atoms. The maximum atomic E-state index is 12.7. The molecule has 0 bridgehead atoms. The van der Waals surface area contributed by atoms with E-state index < -0.39 is 0 Å². The molecule has 2 N–H and O–H groups in total. The van der Waals surface area contributed by atoms with Crippen LogP contribution in [0, 0.1) is 18.6 Å². The topological polar surface area (TPSA) is 110 Å². The van der Waals surface area contributed by atoms with Gasteiger partial charge in [0.15, 0.2) is 15.7 Å². The average Bonchev–Trinajstić information content (AvgIpc) is 3.23. The fourth-order valence-corrected chi connectivity index (χ4v) is 4.25. The van der Waals surface area contributed by atoms with Crippen molar-refractivity contribution in [3.05, 3.63) is 50.9 Å². The molecule has 0 aliphatic rings. The highest BCUT2D eigenvalue weighted by molar-refractivity contribution is 7.71. The minimum Gasteiger partial charge on any atom is -0.303 e. The first kappa shape index (κ1) is 20.1. The molecular weight excluding hydrogens is 422 g/mol. The number of para-hydroxylation sites is 1. The van der Waals surface area contributed by atoms with Gasteiger partial charge in [-0.15, -0.1) is 0 Å². The normalized spacial score (nSPS) is 11.2. The second kappa shape index (κ2) is 7.92. The first-order valence-electron chi connectivity index (χ1n) is 9.19. The number of aromatic nitrogens is 6. The molecule has 0 unspecified atom stereocenters. The fourth-order valence-electron chi connectivity index (χ4n) is 3.11. The van der Waals surface area contributed by atoms with E-state index in [0.717, 1.165) is 16.1 Å². The number of nitrogens with zero attached hydrogens (tertiary/aromatic N) is 5. The third-order valence-corrected chi connectivity index (χ3v) is 6.19. The zero-order chi connectivity index (χ0) is 21.4. The first-order valence-corrected chi connectivity index (χ1v) is 10.4. The van der Waals surface area contributed by atoms with Gasteiger partial charge in [0.1, 0.15) is 0 Å². The van der Waals surface area contributed by atoms with Crippen molar-refractivity contribution in [2.45, 2.75) is 26.8 Å². The van der Waals surface area contributed by atoms with E-state index in [4.69, 9.17) is 12.2 Å². The number of amides is 1. The lowest BCUT2D eigenvalue weighted by atomic mass is 10.1. The lowest BCUT2D eigenvalue weighted by molar-refractivity contribution is -0.116. The average molecular weight is 442 g/mol. The Labute approximate surface area is 180 Å². The number of hydrogen-bond acceptors (Lipinski definition) is 7. The van der Waals surface area contributed by atoms with Crippen LogP contribution in [0.1, 0.15) is 17.7 Å². The van der Waals surface area contributed by atoms with Crippen LogP contribution in [0.15, 0.2) is 29.3 Å². The molecule has 0 spiro atoms. The molecule has 0 saturated heterocycles. The standard InChI is InChI=1S/C19H19N7O2S2/c1-10-5-4-6-12-14(10)20-9-26(17(12)28)8-7-13(27)22-18-21-11(2)15(30-18)16-23-24-19(29)25(16)3/h4-6,9H,7-8H2,1-3H3,(H,24,29)(H,21,22,27). The number of aromatic amines is 1. The maximum absolute atomic E-state index is 12.7. The number of H-pyrrole nitrogens is 1. The van der Waals surface area contributed by atoms with Crippen LogP contribution in [0.2, 0.25) is 0 Å². The molecule has 0 aliphatic carbocycles. The van der Waals surface area contributed by atoms with Crippen molar-refractivity contribution in [2.24, 2.45) is 7.05 Å². The van der Waals surface area contributed by atoms with Gasteiger partial charge in [-0.05, 0) is 37.7 Å². The van der Waals surface area contributed by atoms with Crippen LogP contribution in [0.25, 0.3) is 21.6 Å². The third kappa shape index (κ3) is 3.68. The summed E-state index contributed by atoms with van der Waals surface area (Å²) in [6, 6.07) is 5.49. The molecule has 0 fully saturated rings. The minimum atomic E-state index is -0.234. The monoisotopic (exact) mass is 441 g/mol. The quantitative estimate of drug-likeness (QED) is 0.461. The number of aryl methyl sites for hydroxylation is 3. The second-order valence-electron chi connectivity index (χ2n) is 6.86. The van der Waals surface area contributed by atoms with Crippen LogP contribution in [-0.4, -0.2) is 35.2 Å². The van der Waals surface area contributed by atoms with Crippen LogP contribution < -0.4 is 10.9 Å². The summed E-state index contributed by atoms with van der Waals surface area (Å²) in [5, 5.41) is 10.8. The number of carbonyl (C=O) groups excluding carboxylic acids is 1. The summed E-state index contributed by atoms with van der Waals surface area (Å²) in [4.78, 5) is 34.7. The van der Waals surface area contributed by atoms with Gasteiger partial charge in [0.05, 0.1) is 27.8 Å². The summed E-state index contributed by atoms with van der Waals surface area (Å²) >= 11 is 6.47. The molecule has 11 heteroatoms. The summed E-state index contributed by atoms with van der Waals surface area (Å²) in [7, 11) is 1.81. The van der Waals surface area contributed by atoms with Crippen LogP contribution >= 0.6 is 23.6 Å². The Bertz CT molecular complexity index is 1380. The summed E-state index contributed by atoms with van der Waals surface area (Å²) in [6.07, 6.45) is 1.61. The Kier molecular flexibility index (Phi) is 5.31. The number of thiazole rings is 1. The van der Waals surface area contributed by atoms with Crippen molar-refractivity contribution in [1.82, 2.24) is 29.3 Å². The van der Waals surface area contributed by atoms with Crippen molar-refractivity contribution >= 4 is 45.5 Å². The first-order chi connectivity index (χ1) is 14.3.